The number of rotatable bonds is 5. The third-order valence-electron chi connectivity index (χ3n) is 2.52. The number of aromatic nitrogens is 2. The summed E-state index contributed by atoms with van der Waals surface area (Å²) in [7, 11) is 0. The van der Waals surface area contributed by atoms with E-state index in [0.717, 1.165) is 11.4 Å². The molecule has 3 nitrogen and oxygen atoms in total. The van der Waals surface area contributed by atoms with E-state index in [0.29, 0.717) is 0 Å². The Hall–Kier alpha value is -0.910. The van der Waals surface area contributed by atoms with Crippen LogP contribution < -0.4 is 5.73 Å². The summed E-state index contributed by atoms with van der Waals surface area (Å²) in [6, 6.07) is 2.27. The summed E-state index contributed by atoms with van der Waals surface area (Å²) >= 11 is 3.39. The molecule has 0 aliphatic carbocycles. The maximum atomic E-state index is 6.19. The molecule has 17 heavy (non-hydrogen) atoms. The minimum absolute atomic E-state index is 0.136. The highest BCUT2D eigenvalue weighted by atomic mass is 32.2. The van der Waals surface area contributed by atoms with Gasteiger partial charge in [0.2, 0.25) is 0 Å². The first-order valence-electron chi connectivity index (χ1n) is 5.51. The molecule has 0 bridgehead atoms. The van der Waals surface area contributed by atoms with E-state index in [9.17, 15) is 0 Å². The van der Waals surface area contributed by atoms with Crippen LogP contribution in [0.5, 0.6) is 0 Å². The average Bonchev–Trinajstić information content (AvgIpc) is 2.90. The van der Waals surface area contributed by atoms with Crippen LogP contribution in [-0.2, 0) is 0 Å². The monoisotopic (exact) mass is 265 g/mol. The maximum absolute atomic E-state index is 6.19. The van der Waals surface area contributed by atoms with E-state index in [1.807, 2.05) is 0 Å². The zero-order valence-electron chi connectivity index (χ0n) is 9.61. The van der Waals surface area contributed by atoms with E-state index in [-0.39, 0.29) is 11.3 Å². The van der Waals surface area contributed by atoms with Crippen molar-refractivity contribution in [2.75, 3.05) is 0 Å². The fourth-order valence-electron chi connectivity index (χ4n) is 1.53. The third kappa shape index (κ3) is 3.28. The van der Waals surface area contributed by atoms with Crippen molar-refractivity contribution >= 4 is 23.1 Å². The number of thiophene rings is 1. The Balaban J connectivity index is 2.17. The van der Waals surface area contributed by atoms with E-state index in [2.05, 4.69) is 33.7 Å². The lowest BCUT2D eigenvalue weighted by molar-refractivity contribution is 0.634. The Labute approximate surface area is 109 Å². The van der Waals surface area contributed by atoms with E-state index < -0.39 is 0 Å². The minimum atomic E-state index is 0.136. The fraction of sp³-hybridized carbons (Fsp3) is 0.333. The Morgan fingerprint density at radius 3 is 2.94 bits per heavy atom. The third-order valence-corrected chi connectivity index (χ3v) is 4.55. The molecule has 2 unspecified atom stereocenters. The van der Waals surface area contributed by atoms with E-state index in [4.69, 9.17) is 5.73 Å². The molecule has 2 rings (SSSR count). The van der Waals surface area contributed by atoms with Gasteiger partial charge >= 0.3 is 0 Å². The highest BCUT2D eigenvalue weighted by Gasteiger charge is 2.20. The second-order valence-corrected chi connectivity index (χ2v) is 5.65. The van der Waals surface area contributed by atoms with Gasteiger partial charge in [0.15, 0.2) is 0 Å². The molecule has 0 saturated heterocycles. The molecule has 0 amide bonds. The number of nitrogens with two attached hydrogens (primary N) is 1. The first-order valence-corrected chi connectivity index (χ1v) is 7.34. The van der Waals surface area contributed by atoms with Crippen molar-refractivity contribution < 1.29 is 0 Å². The van der Waals surface area contributed by atoms with Crippen molar-refractivity contribution in [1.82, 2.24) is 9.97 Å². The molecular formula is C12H15N3S2. The van der Waals surface area contributed by atoms with Crippen LogP contribution in [0, 0.1) is 0 Å². The first-order chi connectivity index (χ1) is 8.31. The smallest absolute Gasteiger partial charge is 0.115 e. The van der Waals surface area contributed by atoms with Crippen molar-refractivity contribution in [3.63, 3.8) is 0 Å². The molecule has 0 saturated carbocycles. The van der Waals surface area contributed by atoms with Crippen LogP contribution in [0.1, 0.15) is 24.2 Å². The maximum Gasteiger partial charge on any atom is 0.115 e. The number of hydrogen-bond donors (Lipinski definition) is 1. The lowest BCUT2D eigenvalue weighted by Gasteiger charge is -2.21. The van der Waals surface area contributed by atoms with Crippen molar-refractivity contribution in [2.24, 2.45) is 5.73 Å². The minimum Gasteiger partial charge on any atom is -0.326 e. The van der Waals surface area contributed by atoms with Gasteiger partial charge in [-0.3, -0.25) is 4.98 Å². The van der Waals surface area contributed by atoms with E-state index in [1.54, 1.807) is 41.7 Å². The Morgan fingerprint density at radius 2 is 2.35 bits per heavy atom. The molecule has 0 radical (unpaired) electrons. The van der Waals surface area contributed by atoms with Crippen molar-refractivity contribution in [3.8, 4) is 0 Å². The second kappa shape index (κ2) is 6.14. The molecule has 0 aromatic carbocycles. The molecule has 2 atom stereocenters. The fourth-order valence-corrected chi connectivity index (χ4v) is 3.47. The van der Waals surface area contributed by atoms with Crippen molar-refractivity contribution in [3.05, 3.63) is 41.0 Å². The van der Waals surface area contributed by atoms with Gasteiger partial charge in [0.25, 0.3) is 0 Å². The zero-order valence-corrected chi connectivity index (χ0v) is 11.2. The van der Waals surface area contributed by atoms with Crippen LogP contribution in [0.2, 0.25) is 0 Å². The van der Waals surface area contributed by atoms with Gasteiger partial charge in [0, 0.05) is 18.4 Å². The summed E-state index contributed by atoms with van der Waals surface area (Å²) in [6.07, 6.45) is 6.13. The molecule has 0 aliphatic heterocycles. The predicted octanol–water partition coefficient (Wildman–Crippen LogP) is 3.11. The van der Waals surface area contributed by atoms with Crippen LogP contribution in [0.4, 0.5) is 0 Å². The Kier molecular flexibility index (Phi) is 4.53. The number of hydrogen-bond acceptors (Lipinski definition) is 5. The molecule has 0 spiro atoms. The van der Waals surface area contributed by atoms with Gasteiger partial charge in [-0.15, -0.1) is 0 Å². The van der Waals surface area contributed by atoms with Gasteiger partial charge in [-0.05, 0) is 28.8 Å². The molecule has 0 fully saturated rings. The summed E-state index contributed by atoms with van der Waals surface area (Å²) in [5.74, 6) is 0. The normalized spacial score (nSPS) is 14.5. The lowest BCUT2D eigenvalue weighted by atomic mass is 10.1. The van der Waals surface area contributed by atoms with Gasteiger partial charge in [-0.2, -0.15) is 11.3 Å². The van der Waals surface area contributed by atoms with Crippen molar-refractivity contribution in [1.29, 1.82) is 0 Å². The Bertz CT molecular complexity index is 430. The molecule has 5 heteroatoms. The van der Waals surface area contributed by atoms with Crippen LogP contribution in [0.25, 0.3) is 0 Å². The second-order valence-electron chi connectivity index (χ2n) is 3.71. The van der Waals surface area contributed by atoms with Gasteiger partial charge in [-0.1, -0.05) is 18.7 Å². The van der Waals surface area contributed by atoms with Gasteiger partial charge in [0.1, 0.15) is 5.03 Å². The van der Waals surface area contributed by atoms with Gasteiger partial charge < -0.3 is 5.73 Å². The average molecular weight is 265 g/mol. The van der Waals surface area contributed by atoms with Crippen LogP contribution in [-0.4, -0.2) is 16.0 Å². The molecule has 2 aromatic heterocycles. The quantitative estimate of drug-likeness (QED) is 0.844. The highest BCUT2D eigenvalue weighted by Crippen LogP contribution is 2.37. The lowest BCUT2D eigenvalue weighted by Crippen LogP contribution is -2.25. The van der Waals surface area contributed by atoms with E-state index in [1.165, 1.54) is 5.56 Å². The van der Waals surface area contributed by atoms with Gasteiger partial charge in [0.05, 0.1) is 11.4 Å². The molecule has 2 aromatic rings. The molecule has 2 N–H and O–H groups in total. The van der Waals surface area contributed by atoms with E-state index >= 15 is 0 Å². The summed E-state index contributed by atoms with van der Waals surface area (Å²) in [6.45, 7) is 2.11. The molecule has 0 aliphatic rings. The summed E-state index contributed by atoms with van der Waals surface area (Å²) in [5, 5.41) is 5.42. The van der Waals surface area contributed by atoms with Gasteiger partial charge in [-0.25, -0.2) is 4.98 Å². The standard InChI is InChI=1S/C12H15N3S2/c1-2-10(13)12(9-3-6-16-8-9)17-11-7-14-4-5-15-11/h3-8,10,12H,2,13H2,1H3. The summed E-state index contributed by atoms with van der Waals surface area (Å²) in [5.41, 5.74) is 7.47. The summed E-state index contributed by atoms with van der Waals surface area (Å²) in [4.78, 5) is 8.38. The number of thioether (sulfide) groups is 1. The van der Waals surface area contributed by atoms with Crippen LogP contribution in [0.3, 0.4) is 0 Å². The van der Waals surface area contributed by atoms with Crippen LogP contribution in [0.15, 0.2) is 40.4 Å². The topological polar surface area (TPSA) is 51.8 Å². The molecular weight excluding hydrogens is 250 g/mol. The highest BCUT2D eigenvalue weighted by molar-refractivity contribution is 7.99. The first kappa shape index (κ1) is 12.5. The zero-order chi connectivity index (χ0) is 12.1. The van der Waals surface area contributed by atoms with Crippen LogP contribution >= 0.6 is 23.1 Å². The molecule has 2 heterocycles. The van der Waals surface area contributed by atoms with Crippen molar-refractivity contribution in [2.45, 2.75) is 29.7 Å². The summed E-state index contributed by atoms with van der Waals surface area (Å²) < 4.78 is 0. The molecule has 90 valence electrons. The SMILES string of the molecule is CCC(N)C(Sc1cnccn1)c1ccsc1. The number of nitrogens with zero attached hydrogens (tertiary/aromatic N) is 2. The Morgan fingerprint density at radius 1 is 1.47 bits per heavy atom. The largest absolute Gasteiger partial charge is 0.326 e. The predicted molar refractivity (Wildman–Crippen MR) is 73.2 cm³/mol.